The van der Waals surface area contributed by atoms with Gasteiger partial charge in [0.1, 0.15) is 10.9 Å². The Balaban J connectivity index is 1.89. The molecule has 29 heavy (non-hydrogen) atoms. The highest BCUT2D eigenvalue weighted by molar-refractivity contribution is 7.89. The summed E-state index contributed by atoms with van der Waals surface area (Å²) >= 11 is 12.0. The van der Waals surface area contributed by atoms with Crippen LogP contribution >= 0.6 is 23.2 Å². The summed E-state index contributed by atoms with van der Waals surface area (Å²) in [5.74, 6) is -0.484. The van der Waals surface area contributed by atoms with Crippen molar-refractivity contribution in [1.29, 1.82) is 0 Å². The molecule has 0 radical (unpaired) electrons. The standard InChI is InChI=1S/C21H18Cl2N2O3S/c22-16-11-12-18(23)20(14-16)29(27,28)25-19(13-15-7-3-1-4-8-15)21(26)24-17-9-5-2-6-10-17/h1-12,14,19,25H,13H2,(H,24,26)/t19-/m1/s1. The summed E-state index contributed by atoms with van der Waals surface area (Å²) in [5, 5.41) is 2.98. The molecule has 0 aromatic heterocycles. The van der Waals surface area contributed by atoms with Gasteiger partial charge in [-0.2, -0.15) is 4.72 Å². The Hall–Kier alpha value is -2.38. The zero-order valence-corrected chi connectivity index (χ0v) is 17.5. The van der Waals surface area contributed by atoms with Crippen molar-refractivity contribution in [3.05, 3.63) is 94.5 Å². The topological polar surface area (TPSA) is 75.3 Å². The first kappa shape index (κ1) is 21.3. The monoisotopic (exact) mass is 448 g/mol. The maximum Gasteiger partial charge on any atom is 0.242 e. The van der Waals surface area contributed by atoms with Gasteiger partial charge in [-0.25, -0.2) is 8.42 Å². The van der Waals surface area contributed by atoms with Gasteiger partial charge in [0.05, 0.1) is 5.02 Å². The van der Waals surface area contributed by atoms with Gasteiger partial charge in [0.15, 0.2) is 0 Å². The van der Waals surface area contributed by atoms with E-state index in [1.165, 1.54) is 18.2 Å². The van der Waals surface area contributed by atoms with Gasteiger partial charge in [0.2, 0.25) is 15.9 Å². The van der Waals surface area contributed by atoms with E-state index in [2.05, 4.69) is 10.0 Å². The van der Waals surface area contributed by atoms with E-state index >= 15 is 0 Å². The molecule has 0 bridgehead atoms. The number of rotatable bonds is 7. The Kier molecular flexibility index (Phi) is 6.92. The number of carbonyl (C=O) groups excluding carboxylic acids is 1. The first-order chi connectivity index (χ1) is 13.8. The minimum absolute atomic E-state index is 0.0174. The van der Waals surface area contributed by atoms with Crippen molar-refractivity contribution < 1.29 is 13.2 Å². The predicted octanol–water partition coefficient (Wildman–Crippen LogP) is 4.52. The van der Waals surface area contributed by atoms with Gasteiger partial charge in [-0.05, 0) is 42.3 Å². The van der Waals surface area contributed by atoms with E-state index in [-0.39, 0.29) is 21.4 Å². The number of anilines is 1. The molecule has 0 spiro atoms. The third kappa shape index (κ3) is 5.81. The number of carbonyl (C=O) groups is 1. The van der Waals surface area contributed by atoms with Crippen molar-refractivity contribution >= 4 is 44.8 Å². The zero-order chi connectivity index (χ0) is 20.9. The average Bonchev–Trinajstić information content (AvgIpc) is 2.70. The highest BCUT2D eigenvalue weighted by atomic mass is 35.5. The molecule has 0 aliphatic carbocycles. The SMILES string of the molecule is O=C(Nc1ccccc1)[C@@H](Cc1ccccc1)NS(=O)(=O)c1cc(Cl)ccc1Cl. The summed E-state index contributed by atoms with van der Waals surface area (Å²) in [6, 6.07) is 21.0. The van der Waals surface area contributed by atoms with Crippen LogP contribution in [0, 0.1) is 0 Å². The van der Waals surface area contributed by atoms with Crippen LogP contribution in [0.25, 0.3) is 0 Å². The summed E-state index contributed by atoms with van der Waals surface area (Å²) in [7, 11) is -4.10. The van der Waals surface area contributed by atoms with Crippen molar-refractivity contribution in [2.45, 2.75) is 17.4 Å². The Morgan fingerprint density at radius 2 is 1.52 bits per heavy atom. The van der Waals surface area contributed by atoms with Crippen molar-refractivity contribution in [1.82, 2.24) is 4.72 Å². The van der Waals surface area contributed by atoms with E-state index in [4.69, 9.17) is 23.2 Å². The first-order valence-corrected chi connectivity index (χ1v) is 11.0. The van der Waals surface area contributed by atoms with Crippen LogP contribution in [0.5, 0.6) is 0 Å². The number of benzene rings is 3. The lowest BCUT2D eigenvalue weighted by atomic mass is 10.1. The third-order valence-electron chi connectivity index (χ3n) is 4.12. The largest absolute Gasteiger partial charge is 0.325 e. The van der Waals surface area contributed by atoms with Crippen LogP contribution in [-0.4, -0.2) is 20.4 Å². The van der Waals surface area contributed by atoms with Crippen LogP contribution in [0.3, 0.4) is 0 Å². The number of nitrogens with one attached hydrogen (secondary N) is 2. The second-order valence-electron chi connectivity index (χ2n) is 6.29. The molecule has 3 aromatic rings. The number of amides is 1. The lowest BCUT2D eigenvalue weighted by Crippen LogP contribution is -2.45. The lowest BCUT2D eigenvalue weighted by Gasteiger charge is -2.19. The van der Waals surface area contributed by atoms with Gasteiger partial charge in [-0.15, -0.1) is 0 Å². The van der Waals surface area contributed by atoms with Gasteiger partial charge in [-0.1, -0.05) is 71.7 Å². The number of sulfonamides is 1. The third-order valence-corrected chi connectivity index (χ3v) is 6.31. The molecule has 0 aliphatic rings. The predicted molar refractivity (Wildman–Crippen MR) is 116 cm³/mol. The molecule has 3 rings (SSSR count). The van der Waals surface area contributed by atoms with Gasteiger partial charge in [-0.3, -0.25) is 4.79 Å². The maximum atomic E-state index is 12.9. The molecule has 0 saturated heterocycles. The Labute approximate surface area is 179 Å². The van der Waals surface area contributed by atoms with E-state index in [0.29, 0.717) is 5.69 Å². The highest BCUT2D eigenvalue weighted by Gasteiger charge is 2.28. The minimum atomic E-state index is -4.10. The van der Waals surface area contributed by atoms with E-state index in [9.17, 15) is 13.2 Å². The van der Waals surface area contributed by atoms with Crippen molar-refractivity contribution in [3.63, 3.8) is 0 Å². The number of halogens is 2. The quantitative estimate of drug-likeness (QED) is 0.557. The second kappa shape index (κ2) is 9.41. The Morgan fingerprint density at radius 1 is 0.897 bits per heavy atom. The van der Waals surface area contributed by atoms with Crippen LogP contribution in [0.2, 0.25) is 10.0 Å². The smallest absolute Gasteiger partial charge is 0.242 e. The molecule has 0 aliphatic heterocycles. The normalized spacial score (nSPS) is 12.3. The van der Waals surface area contributed by atoms with Crippen LogP contribution in [0.4, 0.5) is 5.69 Å². The summed E-state index contributed by atoms with van der Waals surface area (Å²) in [5.41, 5.74) is 1.37. The van der Waals surface area contributed by atoms with Gasteiger partial charge < -0.3 is 5.32 Å². The molecule has 1 atom stereocenters. The summed E-state index contributed by atoms with van der Waals surface area (Å²) in [4.78, 5) is 12.7. The molecular weight excluding hydrogens is 431 g/mol. The molecule has 2 N–H and O–H groups in total. The lowest BCUT2D eigenvalue weighted by molar-refractivity contribution is -0.117. The molecule has 150 valence electrons. The van der Waals surface area contributed by atoms with E-state index in [1.54, 1.807) is 24.3 Å². The van der Waals surface area contributed by atoms with E-state index < -0.39 is 22.0 Å². The minimum Gasteiger partial charge on any atom is -0.325 e. The van der Waals surface area contributed by atoms with Crippen LogP contribution < -0.4 is 10.0 Å². The average molecular weight is 449 g/mol. The fraction of sp³-hybridized carbons (Fsp3) is 0.0952. The van der Waals surface area contributed by atoms with E-state index in [1.807, 2.05) is 36.4 Å². The van der Waals surface area contributed by atoms with Crippen molar-refractivity contribution in [2.75, 3.05) is 5.32 Å². The summed E-state index contributed by atoms with van der Waals surface area (Å²) in [6.45, 7) is 0. The molecule has 5 nitrogen and oxygen atoms in total. The number of hydrogen-bond donors (Lipinski definition) is 2. The van der Waals surface area contributed by atoms with Gasteiger partial charge in [0.25, 0.3) is 0 Å². The maximum absolute atomic E-state index is 12.9. The molecular formula is C21H18Cl2N2O3S. The highest BCUT2D eigenvalue weighted by Crippen LogP contribution is 2.25. The van der Waals surface area contributed by atoms with Crippen molar-refractivity contribution in [2.24, 2.45) is 0 Å². The fourth-order valence-electron chi connectivity index (χ4n) is 2.72. The van der Waals surface area contributed by atoms with Crippen molar-refractivity contribution in [3.8, 4) is 0 Å². The van der Waals surface area contributed by atoms with Crippen LogP contribution in [0.15, 0.2) is 83.8 Å². The molecule has 1 amide bonds. The zero-order valence-electron chi connectivity index (χ0n) is 15.2. The summed E-state index contributed by atoms with van der Waals surface area (Å²) < 4.78 is 28.3. The Morgan fingerprint density at radius 3 is 2.17 bits per heavy atom. The fourth-order valence-corrected chi connectivity index (χ4v) is 4.68. The first-order valence-electron chi connectivity index (χ1n) is 8.72. The molecule has 0 heterocycles. The Bertz CT molecular complexity index is 1090. The molecule has 3 aromatic carbocycles. The van der Waals surface area contributed by atoms with E-state index in [0.717, 1.165) is 5.56 Å². The molecule has 0 fully saturated rings. The van der Waals surface area contributed by atoms with Gasteiger partial charge >= 0.3 is 0 Å². The summed E-state index contributed by atoms with van der Waals surface area (Å²) in [6.07, 6.45) is 0.164. The van der Waals surface area contributed by atoms with Crippen LogP contribution in [-0.2, 0) is 21.2 Å². The number of hydrogen-bond acceptors (Lipinski definition) is 3. The van der Waals surface area contributed by atoms with Crippen LogP contribution in [0.1, 0.15) is 5.56 Å². The molecule has 0 saturated carbocycles. The van der Waals surface area contributed by atoms with Gasteiger partial charge in [0, 0.05) is 10.7 Å². The molecule has 0 unspecified atom stereocenters. The molecule has 8 heteroatoms. The number of para-hydroxylation sites is 1. The second-order valence-corrected chi connectivity index (χ2v) is 8.82.